The Labute approximate surface area is 99.8 Å². The Balaban J connectivity index is 2.67. The number of rotatable bonds is 2. The molecule has 0 unspecified atom stereocenters. The molecule has 0 bridgehead atoms. The molecular formula is C13H11BO3. The minimum Gasteiger partial charge on any atom is -0.463 e. The van der Waals surface area contributed by atoms with Crippen molar-refractivity contribution in [3.8, 4) is 0 Å². The number of esters is 1. The standard InChI is InChI=1S/C13H11BO3/c1-17-13(16)12(15)10-6-7-11(14)9-5-3-2-4-8(9)10/h2-7H,14H2,1H3. The van der Waals surface area contributed by atoms with Crippen LogP contribution in [-0.4, -0.2) is 26.7 Å². The first kappa shape index (κ1) is 11.4. The van der Waals surface area contributed by atoms with E-state index in [0.29, 0.717) is 5.56 Å². The third kappa shape index (κ3) is 1.94. The average molecular weight is 226 g/mol. The molecule has 0 aliphatic rings. The van der Waals surface area contributed by atoms with Gasteiger partial charge in [-0.3, -0.25) is 4.79 Å². The van der Waals surface area contributed by atoms with E-state index in [-0.39, 0.29) is 0 Å². The zero-order chi connectivity index (χ0) is 12.4. The summed E-state index contributed by atoms with van der Waals surface area (Å²) in [6.45, 7) is 0. The molecule has 0 N–H and O–H groups in total. The lowest BCUT2D eigenvalue weighted by atomic mass is 9.87. The monoisotopic (exact) mass is 226 g/mol. The Morgan fingerprint density at radius 2 is 1.71 bits per heavy atom. The van der Waals surface area contributed by atoms with Gasteiger partial charge < -0.3 is 4.74 Å². The summed E-state index contributed by atoms with van der Waals surface area (Å²) < 4.78 is 4.46. The highest BCUT2D eigenvalue weighted by Gasteiger charge is 2.19. The van der Waals surface area contributed by atoms with Crippen molar-refractivity contribution >= 4 is 35.8 Å². The molecule has 0 aromatic heterocycles. The molecule has 0 heterocycles. The summed E-state index contributed by atoms with van der Waals surface area (Å²) in [6, 6.07) is 11.0. The molecule has 4 heteroatoms. The van der Waals surface area contributed by atoms with Gasteiger partial charge in [-0.15, -0.1) is 0 Å². The summed E-state index contributed by atoms with van der Waals surface area (Å²) in [7, 11) is 3.17. The van der Waals surface area contributed by atoms with Crippen molar-refractivity contribution < 1.29 is 14.3 Å². The van der Waals surface area contributed by atoms with Gasteiger partial charge in [-0.1, -0.05) is 41.9 Å². The minimum absolute atomic E-state index is 0.387. The molecule has 0 aliphatic carbocycles. The fourth-order valence-electron chi connectivity index (χ4n) is 1.85. The summed E-state index contributed by atoms with van der Waals surface area (Å²) in [4.78, 5) is 23.1. The van der Waals surface area contributed by atoms with Gasteiger partial charge in [0.2, 0.25) is 0 Å². The predicted octanol–water partition coefficient (Wildman–Crippen LogP) is 0.454. The highest BCUT2D eigenvalue weighted by Crippen LogP contribution is 2.17. The number of ketones is 1. The van der Waals surface area contributed by atoms with Crippen molar-refractivity contribution in [2.75, 3.05) is 7.11 Å². The van der Waals surface area contributed by atoms with E-state index < -0.39 is 11.8 Å². The second kappa shape index (κ2) is 4.41. The van der Waals surface area contributed by atoms with Crippen molar-refractivity contribution in [3.63, 3.8) is 0 Å². The summed E-state index contributed by atoms with van der Waals surface area (Å²) in [6.07, 6.45) is 0. The van der Waals surface area contributed by atoms with Gasteiger partial charge in [0.25, 0.3) is 5.78 Å². The number of methoxy groups -OCH3 is 1. The summed E-state index contributed by atoms with van der Waals surface area (Å²) in [5.74, 6) is -1.44. The van der Waals surface area contributed by atoms with Crippen LogP contribution < -0.4 is 5.46 Å². The molecule has 0 amide bonds. The minimum atomic E-state index is -0.834. The highest BCUT2D eigenvalue weighted by molar-refractivity contribution is 6.45. The van der Waals surface area contributed by atoms with E-state index in [0.717, 1.165) is 16.2 Å². The van der Waals surface area contributed by atoms with E-state index in [9.17, 15) is 9.59 Å². The molecule has 2 aromatic carbocycles. The van der Waals surface area contributed by atoms with Crippen LogP contribution in [0.4, 0.5) is 0 Å². The second-order valence-electron chi connectivity index (χ2n) is 3.80. The van der Waals surface area contributed by atoms with Crippen molar-refractivity contribution in [1.29, 1.82) is 0 Å². The van der Waals surface area contributed by atoms with Crippen molar-refractivity contribution in [2.45, 2.75) is 0 Å². The van der Waals surface area contributed by atoms with Crippen molar-refractivity contribution in [3.05, 3.63) is 42.0 Å². The quantitative estimate of drug-likeness (QED) is 0.323. The van der Waals surface area contributed by atoms with Crippen molar-refractivity contribution in [2.24, 2.45) is 0 Å². The number of carbonyl (C=O) groups excluding carboxylic acids is 2. The first-order valence-electron chi connectivity index (χ1n) is 5.26. The van der Waals surface area contributed by atoms with Crippen LogP contribution in [-0.2, 0) is 9.53 Å². The van der Waals surface area contributed by atoms with E-state index in [4.69, 9.17) is 0 Å². The molecule has 0 radical (unpaired) electrons. The average Bonchev–Trinajstić information content (AvgIpc) is 2.38. The topological polar surface area (TPSA) is 43.4 Å². The van der Waals surface area contributed by atoms with E-state index >= 15 is 0 Å². The van der Waals surface area contributed by atoms with Gasteiger partial charge in [-0.05, 0) is 10.8 Å². The Bertz CT molecular complexity index is 605. The largest absolute Gasteiger partial charge is 0.463 e. The summed E-state index contributed by atoms with van der Waals surface area (Å²) >= 11 is 0. The zero-order valence-corrected chi connectivity index (χ0v) is 9.69. The van der Waals surface area contributed by atoms with Gasteiger partial charge in [-0.2, -0.15) is 0 Å². The molecule has 0 aliphatic heterocycles. The van der Waals surface area contributed by atoms with Gasteiger partial charge in [0, 0.05) is 5.56 Å². The number of benzene rings is 2. The van der Waals surface area contributed by atoms with Crippen LogP contribution in [0.15, 0.2) is 36.4 Å². The van der Waals surface area contributed by atoms with Crippen LogP contribution in [0.3, 0.4) is 0 Å². The van der Waals surface area contributed by atoms with Gasteiger partial charge in [0.1, 0.15) is 7.85 Å². The third-order valence-corrected chi connectivity index (χ3v) is 2.76. The summed E-state index contributed by atoms with van der Waals surface area (Å²) in [5, 5.41) is 1.75. The van der Waals surface area contributed by atoms with Crippen LogP contribution in [0, 0.1) is 0 Å². The Morgan fingerprint density at radius 1 is 1.06 bits per heavy atom. The molecule has 0 atom stereocenters. The van der Waals surface area contributed by atoms with Crippen LogP contribution in [0.2, 0.25) is 0 Å². The number of hydrogen-bond donors (Lipinski definition) is 0. The zero-order valence-electron chi connectivity index (χ0n) is 9.69. The fourth-order valence-corrected chi connectivity index (χ4v) is 1.85. The van der Waals surface area contributed by atoms with Crippen LogP contribution in [0.1, 0.15) is 10.4 Å². The van der Waals surface area contributed by atoms with E-state index in [1.807, 2.05) is 38.2 Å². The molecular weight excluding hydrogens is 215 g/mol. The maximum absolute atomic E-state index is 11.8. The molecule has 17 heavy (non-hydrogen) atoms. The van der Waals surface area contributed by atoms with Crippen LogP contribution >= 0.6 is 0 Å². The summed E-state index contributed by atoms with van der Waals surface area (Å²) in [5.41, 5.74) is 1.46. The van der Waals surface area contributed by atoms with Crippen molar-refractivity contribution in [1.82, 2.24) is 0 Å². The molecule has 0 saturated carbocycles. The molecule has 2 aromatic rings. The Morgan fingerprint density at radius 3 is 2.35 bits per heavy atom. The molecule has 2 rings (SSSR count). The lowest BCUT2D eigenvalue weighted by molar-refractivity contribution is -0.135. The lowest BCUT2D eigenvalue weighted by Gasteiger charge is -2.07. The SMILES string of the molecule is Bc1ccc(C(=O)C(=O)OC)c2ccccc12. The Hall–Kier alpha value is -2.10. The predicted molar refractivity (Wildman–Crippen MR) is 68.5 cm³/mol. The third-order valence-electron chi connectivity index (χ3n) is 2.76. The van der Waals surface area contributed by atoms with Crippen LogP contribution in [0.25, 0.3) is 10.8 Å². The number of hydrogen-bond acceptors (Lipinski definition) is 3. The molecule has 0 fully saturated rings. The molecule has 0 spiro atoms. The van der Waals surface area contributed by atoms with Gasteiger partial charge in [0.05, 0.1) is 7.11 Å². The van der Waals surface area contributed by atoms with E-state index in [2.05, 4.69) is 4.74 Å². The van der Waals surface area contributed by atoms with Gasteiger partial charge >= 0.3 is 5.97 Å². The smallest absolute Gasteiger partial charge is 0.379 e. The molecule has 3 nitrogen and oxygen atoms in total. The second-order valence-corrected chi connectivity index (χ2v) is 3.80. The normalized spacial score (nSPS) is 10.2. The number of ether oxygens (including phenoxy) is 1. The highest BCUT2D eigenvalue weighted by atomic mass is 16.5. The maximum atomic E-state index is 11.8. The van der Waals surface area contributed by atoms with Crippen LogP contribution in [0.5, 0.6) is 0 Å². The van der Waals surface area contributed by atoms with Gasteiger partial charge in [-0.25, -0.2) is 4.79 Å². The first-order valence-corrected chi connectivity index (χ1v) is 5.26. The Kier molecular flexibility index (Phi) is 2.96. The first-order chi connectivity index (χ1) is 8.15. The molecule has 0 saturated heterocycles. The molecule has 84 valence electrons. The van der Waals surface area contributed by atoms with Gasteiger partial charge in [0.15, 0.2) is 0 Å². The fraction of sp³-hybridized carbons (Fsp3) is 0.0769. The van der Waals surface area contributed by atoms with E-state index in [1.54, 1.807) is 6.07 Å². The number of Topliss-reactive ketones (excluding diaryl/α,β-unsaturated/α-hetero) is 1. The lowest BCUT2D eigenvalue weighted by Crippen LogP contribution is -2.17. The number of fused-ring (bicyclic) bond motifs is 1. The maximum Gasteiger partial charge on any atom is 0.379 e. The van der Waals surface area contributed by atoms with E-state index in [1.165, 1.54) is 7.11 Å². The number of carbonyl (C=O) groups is 2.